The first-order chi connectivity index (χ1) is 8.99. The summed E-state index contributed by atoms with van der Waals surface area (Å²) in [7, 11) is 2.44. The van der Waals surface area contributed by atoms with Gasteiger partial charge in [0.25, 0.3) is 0 Å². The molecule has 6 heteroatoms. The van der Waals surface area contributed by atoms with Gasteiger partial charge in [-0.15, -0.1) is 0 Å². The number of esters is 2. The molecule has 0 aromatic heterocycles. The summed E-state index contributed by atoms with van der Waals surface area (Å²) in [6.07, 6.45) is 0.724. The number of carbonyl (C=O) groups is 4. The van der Waals surface area contributed by atoms with Crippen LogP contribution in [0.2, 0.25) is 0 Å². The normalized spacial score (nSPS) is 33.8. The zero-order valence-electron chi connectivity index (χ0n) is 10.9. The Labute approximate surface area is 110 Å². The van der Waals surface area contributed by atoms with Crippen LogP contribution in [0.5, 0.6) is 0 Å². The molecule has 0 radical (unpaired) electrons. The van der Waals surface area contributed by atoms with E-state index < -0.39 is 35.6 Å². The van der Waals surface area contributed by atoms with E-state index in [1.54, 1.807) is 0 Å². The van der Waals surface area contributed by atoms with Crippen LogP contribution in [-0.2, 0) is 28.7 Å². The largest absolute Gasteiger partial charge is 0.468 e. The zero-order chi connectivity index (χ0) is 14.2. The van der Waals surface area contributed by atoms with E-state index in [4.69, 9.17) is 0 Å². The lowest BCUT2D eigenvalue weighted by atomic mass is 9.63. The van der Waals surface area contributed by atoms with E-state index in [1.165, 1.54) is 14.2 Å². The summed E-state index contributed by atoms with van der Waals surface area (Å²) in [5, 5.41) is 0. The number of fused-ring (bicyclic) bond motifs is 2. The molecule has 0 aliphatic heterocycles. The summed E-state index contributed by atoms with van der Waals surface area (Å²) >= 11 is 0. The number of hydrogen-bond acceptors (Lipinski definition) is 6. The van der Waals surface area contributed by atoms with Crippen LogP contribution >= 0.6 is 0 Å². The molecule has 2 aliphatic carbocycles. The van der Waals surface area contributed by atoms with Gasteiger partial charge in [-0.05, 0) is 19.3 Å². The SMILES string of the molecule is COC(=O)[C@H]1C[C@H]2C[C@@H](C[C@@H](C(=O)OC)C2=O)C1=O. The van der Waals surface area contributed by atoms with Crippen molar-refractivity contribution >= 4 is 23.5 Å². The standard InChI is InChI=1S/C13H16O6/c1-18-12(16)8-4-6-3-7(10(8)14)5-9(11(6)15)13(17)19-2/h6-9H,3-5H2,1-2H3/t6-,7+,8+,9-. The highest BCUT2D eigenvalue weighted by Crippen LogP contribution is 2.41. The lowest BCUT2D eigenvalue weighted by Crippen LogP contribution is -2.48. The van der Waals surface area contributed by atoms with Crippen molar-refractivity contribution in [2.24, 2.45) is 23.7 Å². The molecule has 6 nitrogen and oxygen atoms in total. The highest BCUT2D eigenvalue weighted by atomic mass is 16.5. The summed E-state index contributed by atoms with van der Waals surface area (Å²) in [6.45, 7) is 0. The van der Waals surface area contributed by atoms with Gasteiger partial charge in [-0.25, -0.2) is 0 Å². The van der Waals surface area contributed by atoms with Crippen molar-refractivity contribution in [3.63, 3.8) is 0 Å². The summed E-state index contributed by atoms with van der Waals surface area (Å²) in [6, 6.07) is 0. The second kappa shape index (κ2) is 5.11. The number of hydrogen-bond donors (Lipinski definition) is 0. The van der Waals surface area contributed by atoms with Crippen LogP contribution in [0.15, 0.2) is 0 Å². The van der Waals surface area contributed by atoms with Crippen molar-refractivity contribution in [2.75, 3.05) is 14.2 Å². The third-order valence-corrected chi connectivity index (χ3v) is 4.07. The molecule has 0 amide bonds. The predicted molar refractivity (Wildman–Crippen MR) is 61.9 cm³/mol. The molecule has 4 atom stereocenters. The van der Waals surface area contributed by atoms with Gasteiger partial charge in [0.05, 0.1) is 14.2 Å². The first-order valence-corrected chi connectivity index (χ1v) is 6.22. The molecule has 0 saturated heterocycles. The second-order valence-electron chi connectivity index (χ2n) is 5.06. The summed E-state index contributed by atoms with van der Waals surface area (Å²) in [5.74, 6) is -4.20. The molecule has 2 fully saturated rings. The van der Waals surface area contributed by atoms with E-state index in [0.717, 1.165) is 0 Å². The molecule has 19 heavy (non-hydrogen) atoms. The molecule has 104 valence electrons. The van der Waals surface area contributed by atoms with Crippen molar-refractivity contribution < 1.29 is 28.7 Å². The van der Waals surface area contributed by atoms with Gasteiger partial charge in [0.1, 0.15) is 23.4 Å². The van der Waals surface area contributed by atoms with Gasteiger partial charge < -0.3 is 9.47 Å². The monoisotopic (exact) mass is 268 g/mol. The number of Topliss-reactive ketones (excluding diaryl/α,β-unsaturated/α-hetero) is 2. The molecule has 0 spiro atoms. The summed E-state index contributed by atoms with van der Waals surface area (Å²) < 4.78 is 9.19. The smallest absolute Gasteiger partial charge is 0.316 e. The van der Waals surface area contributed by atoms with Crippen LogP contribution in [-0.4, -0.2) is 37.7 Å². The van der Waals surface area contributed by atoms with Gasteiger partial charge in [0.2, 0.25) is 0 Å². The molecular weight excluding hydrogens is 252 g/mol. The van der Waals surface area contributed by atoms with Crippen molar-refractivity contribution in [3.05, 3.63) is 0 Å². The zero-order valence-corrected chi connectivity index (χ0v) is 10.9. The number of ketones is 2. The molecule has 2 bridgehead atoms. The Morgan fingerprint density at radius 2 is 1.21 bits per heavy atom. The molecule has 0 N–H and O–H groups in total. The number of rotatable bonds is 2. The van der Waals surface area contributed by atoms with Crippen LogP contribution in [0.1, 0.15) is 19.3 Å². The maximum absolute atomic E-state index is 12.1. The topological polar surface area (TPSA) is 86.7 Å². The average Bonchev–Trinajstić information content (AvgIpc) is 2.43. The van der Waals surface area contributed by atoms with Crippen LogP contribution < -0.4 is 0 Å². The third kappa shape index (κ3) is 2.27. The van der Waals surface area contributed by atoms with Gasteiger partial charge in [-0.3, -0.25) is 19.2 Å². The van der Waals surface area contributed by atoms with Crippen molar-refractivity contribution in [2.45, 2.75) is 19.3 Å². The Morgan fingerprint density at radius 3 is 1.53 bits per heavy atom. The molecule has 0 aromatic carbocycles. The van der Waals surface area contributed by atoms with Crippen LogP contribution in [0.4, 0.5) is 0 Å². The van der Waals surface area contributed by atoms with Crippen LogP contribution in [0, 0.1) is 23.7 Å². The molecule has 0 unspecified atom stereocenters. The summed E-state index contributed by atoms with van der Waals surface area (Å²) in [4.78, 5) is 47.4. The molecule has 2 aliphatic rings. The Bertz CT molecular complexity index is 400. The van der Waals surface area contributed by atoms with E-state index in [-0.39, 0.29) is 24.4 Å². The Kier molecular flexibility index (Phi) is 3.68. The van der Waals surface area contributed by atoms with Gasteiger partial charge in [0.15, 0.2) is 0 Å². The molecular formula is C13H16O6. The predicted octanol–water partition coefficient (Wildman–Crippen LogP) is 0.133. The van der Waals surface area contributed by atoms with E-state index in [0.29, 0.717) is 6.42 Å². The minimum atomic E-state index is -0.865. The molecule has 2 rings (SSSR count). The van der Waals surface area contributed by atoms with E-state index >= 15 is 0 Å². The van der Waals surface area contributed by atoms with Crippen LogP contribution in [0.25, 0.3) is 0 Å². The number of ether oxygens (including phenoxy) is 2. The fourth-order valence-corrected chi connectivity index (χ4v) is 3.08. The average molecular weight is 268 g/mol. The highest BCUT2D eigenvalue weighted by molar-refractivity contribution is 6.07. The fraction of sp³-hybridized carbons (Fsp3) is 0.692. The fourth-order valence-electron chi connectivity index (χ4n) is 3.08. The maximum atomic E-state index is 12.1. The van der Waals surface area contributed by atoms with Crippen molar-refractivity contribution in [1.82, 2.24) is 0 Å². The number of carbonyl (C=O) groups excluding carboxylic acids is 4. The number of methoxy groups -OCH3 is 2. The van der Waals surface area contributed by atoms with E-state index in [2.05, 4.69) is 9.47 Å². The quantitative estimate of drug-likeness (QED) is 0.522. The minimum absolute atomic E-state index is 0.147. The Hall–Kier alpha value is -1.72. The minimum Gasteiger partial charge on any atom is -0.468 e. The van der Waals surface area contributed by atoms with E-state index in [9.17, 15) is 19.2 Å². The Morgan fingerprint density at radius 1 is 0.842 bits per heavy atom. The molecule has 0 heterocycles. The maximum Gasteiger partial charge on any atom is 0.316 e. The first-order valence-electron chi connectivity index (χ1n) is 6.22. The highest BCUT2D eigenvalue weighted by Gasteiger charge is 2.50. The van der Waals surface area contributed by atoms with Gasteiger partial charge in [0, 0.05) is 11.8 Å². The van der Waals surface area contributed by atoms with Crippen molar-refractivity contribution in [3.8, 4) is 0 Å². The van der Waals surface area contributed by atoms with E-state index in [1.807, 2.05) is 0 Å². The molecule has 2 saturated carbocycles. The lowest BCUT2D eigenvalue weighted by molar-refractivity contribution is -0.160. The lowest BCUT2D eigenvalue weighted by Gasteiger charge is -2.38. The molecule has 0 aromatic rings. The summed E-state index contributed by atoms with van der Waals surface area (Å²) in [5.41, 5.74) is 0. The second-order valence-corrected chi connectivity index (χ2v) is 5.06. The van der Waals surface area contributed by atoms with Gasteiger partial charge in [-0.2, -0.15) is 0 Å². The first kappa shape index (κ1) is 13.7. The third-order valence-electron chi connectivity index (χ3n) is 4.07. The van der Waals surface area contributed by atoms with Crippen molar-refractivity contribution in [1.29, 1.82) is 0 Å². The van der Waals surface area contributed by atoms with Crippen LogP contribution in [0.3, 0.4) is 0 Å². The van der Waals surface area contributed by atoms with Gasteiger partial charge >= 0.3 is 11.9 Å². The van der Waals surface area contributed by atoms with Gasteiger partial charge in [-0.1, -0.05) is 0 Å². The Balaban J connectivity index is 2.21.